The maximum Gasteiger partial charge on any atom is 0.259 e. The number of benzene rings is 6. The molecule has 0 fully saturated rings. The highest BCUT2D eigenvalue weighted by molar-refractivity contribution is 7.12. The van der Waals surface area contributed by atoms with E-state index in [1.165, 1.54) is 15.6 Å². The van der Waals surface area contributed by atoms with Gasteiger partial charge in [0.15, 0.2) is 17.5 Å². The topological polar surface area (TPSA) is 56.5 Å². The third kappa shape index (κ3) is 4.01. The average molecular weight is 606 g/mol. The van der Waals surface area contributed by atoms with Crippen LogP contribution in [0.5, 0.6) is 0 Å². The van der Waals surface area contributed by atoms with Gasteiger partial charge in [-0.05, 0) is 33.8 Å². The fraction of sp³-hybridized carbons (Fsp3) is 0. The first kappa shape index (κ1) is 26.4. The molecule has 216 valence electrons. The smallest absolute Gasteiger partial charge is 0.259 e. The van der Waals surface area contributed by atoms with Crippen molar-refractivity contribution in [3.05, 3.63) is 164 Å². The van der Waals surface area contributed by atoms with Gasteiger partial charge in [0, 0.05) is 22.3 Å². The van der Waals surface area contributed by atoms with Gasteiger partial charge in [-0.15, -0.1) is 0 Å². The molecule has 9 rings (SSSR count). The number of hydrogen-bond donors (Lipinski definition) is 0. The van der Waals surface area contributed by atoms with Gasteiger partial charge in [0.1, 0.15) is 5.82 Å². The lowest BCUT2D eigenvalue weighted by atomic mass is 10.1. The van der Waals surface area contributed by atoms with Crippen LogP contribution in [0.1, 0.15) is 0 Å². The summed E-state index contributed by atoms with van der Waals surface area (Å²) in [4.78, 5) is 20.3. The van der Waals surface area contributed by atoms with Crippen LogP contribution in [0.25, 0.3) is 56.6 Å². The van der Waals surface area contributed by atoms with E-state index in [1.54, 1.807) is 0 Å². The molecule has 5 nitrogen and oxygen atoms in total. The summed E-state index contributed by atoms with van der Waals surface area (Å²) in [6.07, 6.45) is 0. The van der Waals surface area contributed by atoms with E-state index in [0.717, 1.165) is 39.1 Å². The Hall–Kier alpha value is -5.98. The molecule has 0 spiro atoms. The Morgan fingerprint density at radius 3 is 1.46 bits per heavy atom. The van der Waals surface area contributed by atoms with E-state index in [1.807, 2.05) is 60.7 Å². The van der Waals surface area contributed by atoms with E-state index in [-0.39, 0.29) is 0 Å². The summed E-state index contributed by atoms with van der Waals surface area (Å²) in [5.41, 5.74) is 6.16. The molecule has 8 aromatic rings. The Morgan fingerprint density at radius 2 is 0.891 bits per heavy atom. The van der Waals surface area contributed by atoms with Crippen LogP contribution < -0.4 is 15.6 Å². The lowest BCUT2D eigenvalue weighted by molar-refractivity contribution is 1.07. The maximum atomic E-state index is 5.25. The van der Waals surface area contributed by atoms with E-state index in [4.69, 9.17) is 19.9 Å². The number of hydrogen-bond acceptors (Lipinski definition) is 4. The zero-order valence-electron chi connectivity index (χ0n) is 24.8. The van der Waals surface area contributed by atoms with E-state index >= 15 is 0 Å². The molecule has 0 bridgehead atoms. The lowest BCUT2D eigenvalue weighted by Gasteiger charge is -2.32. The molecule has 6 heteroatoms. The molecule has 1 aliphatic heterocycles. The van der Waals surface area contributed by atoms with Gasteiger partial charge < -0.3 is 4.23 Å². The van der Waals surface area contributed by atoms with Crippen LogP contribution in [-0.4, -0.2) is 32.4 Å². The van der Waals surface area contributed by atoms with Gasteiger partial charge in [0.25, 0.3) is 8.24 Å². The molecule has 1 aliphatic rings. The molecule has 0 aliphatic carbocycles. The molecule has 0 unspecified atom stereocenters. The lowest BCUT2D eigenvalue weighted by Crippen LogP contribution is -2.70. The fourth-order valence-electron chi connectivity index (χ4n) is 6.88. The van der Waals surface area contributed by atoms with Crippen LogP contribution in [0.3, 0.4) is 0 Å². The van der Waals surface area contributed by atoms with Gasteiger partial charge in [-0.25, -0.2) is 19.9 Å². The van der Waals surface area contributed by atoms with Crippen molar-refractivity contribution in [2.24, 2.45) is 0 Å². The first-order chi connectivity index (χ1) is 22.8. The summed E-state index contributed by atoms with van der Waals surface area (Å²) in [7, 11) is -2.87. The number of rotatable bonds is 5. The molecule has 0 amide bonds. The zero-order valence-corrected chi connectivity index (χ0v) is 25.8. The van der Waals surface area contributed by atoms with Crippen molar-refractivity contribution in [3.8, 4) is 45.6 Å². The molecule has 6 aromatic carbocycles. The van der Waals surface area contributed by atoms with Gasteiger partial charge in [-0.3, -0.25) is 0 Å². The summed E-state index contributed by atoms with van der Waals surface area (Å²) in [6.45, 7) is 0. The number of nitrogens with zero attached hydrogens (tertiary/aromatic N) is 5. The molecule has 0 N–H and O–H groups in total. The molecule has 46 heavy (non-hydrogen) atoms. The summed E-state index contributed by atoms with van der Waals surface area (Å²) in [5, 5.41) is 3.87. The minimum Gasteiger partial charge on any atom is -0.339 e. The third-order valence-electron chi connectivity index (χ3n) is 8.89. The second-order valence-electron chi connectivity index (χ2n) is 11.5. The fourth-order valence-corrected chi connectivity index (χ4v) is 11.9. The van der Waals surface area contributed by atoms with E-state index in [2.05, 4.69) is 107 Å². The van der Waals surface area contributed by atoms with Crippen molar-refractivity contribution >= 4 is 34.8 Å². The van der Waals surface area contributed by atoms with Crippen molar-refractivity contribution < 1.29 is 0 Å². The van der Waals surface area contributed by atoms with Crippen LogP contribution in [0, 0.1) is 0 Å². The molecule has 0 radical (unpaired) electrons. The molecular formula is C40H27N5Si. The average Bonchev–Trinajstić information content (AvgIpc) is 3.66. The Balaban J connectivity index is 1.35. The first-order valence-electron chi connectivity index (χ1n) is 15.4. The van der Waals surface area contributed by atoms with Crippen molar-refractivity contribution in [1.29, 1.82) is 0 Å². The second-order valence-corrected chi connectivity index (χ2v) is 15.1. The molecule has 2 aromatic heterocycles. The molecule has 3 heterocycles. The van der Waals surface area contributed by atoms with Gasteiger partial charge in [-0.1, -0.05) is 146 Å². The molecule has 0 atom stereocenters. The van der Waals surface area contributed by atoms with E-state index < -0.39 is 8.24 Å². The Morgan fingerprint density at radius 1 is 0.413 bits per heavy atom. The SMILES string of the molecule is c1ccc(-c2nc(-c3ccccc3)nc(-c3ccc4c(c3)[Si](c3ccccc3)(c3ccccc3)n3c-4nc4ccccc43)n2)cc1. The van der Waals surface area contributed by atoms with Gasteiger partial charge in [-0.2, -0.15) is 0 Å². The van der Waals surface area contributed by atoms with Crippen molar-refractivity contribution in [3.63, 3.8) is 0 Å². The second kappa shape index (κ2) is 10.6. The van der Waals surface area contributed by atoms with Gasteiger partial charge in [0.05, 0.1) is 11.0 Å². The Kier molecular flexibility index (Phi) is 6.08. The standard InChI is InChI=1S/C40H27N5Si/c1-5-15-28(16-6-1)37-42-38(29-17-7-2-8-18-29)44-39(43-37)30-25-26-33-36(27-30)46(31-19-9-3-10-20-31,32-21-11-4-12-22-32)45-35-24-14-13-23-34(35)41-40(33)45/h1-27H. The summed E-state index contributed by atoms with van der Waals surface area (Å²) >= 11 is 0. The normalized spacial score (nSPS) is 13.0. The van der Waals surface area contributed by atoms with Crippen LogP contribution >= 0.6 is 0 Å². The largest absolute Gasteiger partial charge is 0.339 e. The number of imidazole rings is 1. The quantitative estimate of drug-likeness (QED) is 0.205. The minimum absolute atomic E-state index is 0.647. The number of para-hydroxylation sites is 2. The first-order valence-corrected chi connectivity index (χ1v) is 17.4. The van der Waals surface area contributed by atoms with Crippen LogP contribution in [0.15, 0.2) is 164 Å². The third-order valence-corrected chi connectivity index (χ3v) is 13.5. The highest BCUT2D eigenvalue weighted by Gasteiger charge is 2.51. The summed E-state index contributed by atoms with van der Waals surface area (Å²) in [5.74, 6) is 2.96. The predicted octanol–water partition coefficient (Wildman–Crippen LogP) is 6.72. The number of aromatic nitrogens is 5. The highest BCUT2D eigenvalue weighted by Crippen LogP contribution is 2.36. The van der Waals surface area contributed by atoms with E-state index in [0.29, 0.717) is 17.5 Å². The van der Waals surface area contributed by atoms with Crippen molar-refractivity contribution in [1.82, 2.24) is 24.2 Å². The van der Waals surface area contributed by atoms with Gasteiger partial charge in [0.2, 0.25) is 0 Å². The molecule has 0 saturated carbocycles. The molecule has 0 saturated heterocycles. The summed E-state index contributed by atoms with van der Waals surface area (Å²) in [6, 6.07) is 57.4. The summed E-state index contributed by atoms with van der Waals surface area (Å²) < 4.78 is 2.56. The predicted molar refractivity (Wildman–Crippen MR) is 188 cm³/mol. The van der Waals surface area contributed by atoms with Crippen LogP contribution in [-0.2, 0) is 0 Å². The maximum absolute atomic E-state index is 5.25. The van der Waals surface area contributed by atoms with Crippen LogP contribution in [0.2, 0.25) is 0 Å². The van der Waals surface area contributed by atoms with Gasteiger partial charge >= 0.3 is 0 Å². The Bertz CT molecular complexity index is 2260. The minimum atomic E-state index is -2.87. The van der Waals surface area contributed by atoms with Crippen molar-refractivity contribution in [2.75, 3.05) is 0 Å². The van der Waals surface area contributed by atoms with Crippen molar-refractivity contribution in [2.45, 2.75) is 0 Å². The van der Waals surface area contributed by atoms with Crippen LogP contribution in [0.4, 0.5) is 0 Å². The highest BCUT2D eigenvalue weighted by atomic mass is 28.3. The zero-order chi connectivity index (χ0) is 30.5. The monoisotopic (exact) mass is 605 g/mol. The van der Waals surface area contributed by atoms with E-state index in [9.17, 15) is 0 Å². The Labute approximate surface area is 267 Å². The number of fused-ring (bicyclic) bond motifs is 5. The molecular weight excluding hydrogens is 579 g/mol.